The number of aromatic nitrogens is 2. The van der Waals surface area contributed by atoms with E-state index >= 15 is 0 Å². The Balaban J connectivity index is 1.72. The molecular weight excluding hydrogens is 436 g/mol. The summed E-state index contributed by atoms with van der Waals surface area (Å²) in [5.41, 5.74) is 1.01. The number of amides is 1. The molecule has 0 radical (unpaired) electrons. The molecule has 31 heavy (non-hydrogen) atoms. The van der Waals surface area contributed by atoms with Gasteiger partial charge in [0.05, 0.1) is 16.2 Å². The highest BCUT2D eigenvalue weighted by molar-refractivity contribution is 7.98. The van der Waals surface area contributed by atoms with Crippen molar-refractivity contribution in [3.05, 3.63) is 65.8 Å². The molecule has 3 aromatic rings. The van der Waals surface area contributed by atoms with Crippen molar-refractivity contribution in [1.29, 1.82) is 0 Å². The number of anilines is 1. The van der Waals surface area contributed by atoms with E-state index in [9.17, 15) is 13.2 Å². The standard InChI is InChI=1S/C21H24N4O4S2/c1-4-25(5-2)31(27,28)17-12-10-16(11-13-17)23-21(26)18-8-6-7-9-19(18)30-14-20-22-15(3)24-29-20/h6-13H,4-5,14H2,1-3H3,(H,23,26). The summed E-state index contributed by atoms with van der Waals surface area (Å²) in [7, 11) is -3.54. The second-order valence-corrected chi connectivity index (χ2v) is 9.54. The van der Waals surface area contributed by atoms with Crippen LogP contribution in [0.25, 0.3) is 0 Å². The number of aryl methyl sites for hydroxylation is 1. The Labute approximate surface area is 186 Å². The second kappa shape index (κ2) is 10.1. The first-order valence-electron chi connectivity index (χ1n) is 9.77. The summed E-state index contributed by atoms with van der Waals surface area (Å²) in [6.45, 7) is 6.14. The Morgan fingerprint density at radius 2 is 1.77 bits per heavy atom. The molecule has 0 aliphatic heterocycles. The number of carbonyl (C=O) groups excluding carboxylic acids is 1. The molecule has 0 fully saturated rings. The van der Waals surface area contributed by atoms with Crippen molar-refractivity contribution in [3.63, 3.8) is 0 Å². The summed E-state index contributed by atoms with van der Waals surface area (Å²) in [5, 5.41) is 6.59. The van der Waals surface area contributed by atoms with Crippen LogP contribution in [-0.2, 0) is 15.8 Å². The molecular formula is C21H24N4O4S2. The Hall–Kier alpha value is -2.69. The molecule has 0 bridgehead atoms. The Bertz CT molecular complexity index is 1140. The number of benzene rings is 2. The Morgan fingerprint density at radius 1 is 1.10 bits per heavy atom. The quantitative estimate of drug-likeness (QED) is 0.482. The summed E-state index contributed by atoms with van der Waals surface area (Å²) in [5.74, 6) is 1.21. The maximum absolute atomic E-state index is 12.8. The Morgan fingerprint density at radius 3 is 2.39 bits per heavy atom. The number of nitrogens with zero attached hydrogens (tertiary/aromatic N) is 3. The van der Waals surface area contributed by atoms with Crippen molar-refractivity contribution in [2.75, 3.05) is 18.4 Å². The highest BCUT2D eigenvalue weighted by Crippen LogP contribution is 2.27. The van der Waals surface area contributed by atoms with Gasteiger partial charge in [-0.2, -0.15) is 9.29 Å². The molecule has 10 heteroatoms. The Kier molecular flexibility index (Phi) is 7.47. The molecule has 1 amide bonds. The van der Waals surface area contributed by atoms with Crippen LogP contribution in [-0.4, -0.2) is 41.9 Å². The molecule has 0 saturated carbocycles. The van der Waals surface area contributed by atoms with Gasteiger partial charge in [-0.25, -0.2) is 8.42 Å². The minimum atomic E-state index is -3.54. The van der Waals surface area contributed by atoms with E-state index in [0.717, 1.165) is 4.90 Å². The number of thioether (sulfide) groups is 1. The van der Waals surface area contributed by atoms with Crippen molar-refractivity contribution in [1.82, 2.24) is 14.4 Å². The topological polar surface area (TPSA) is 105 Å². The van der Waals surface area contributed by atoms with Crippen LogP contribution in [0.1, 0.15) is 35.9 Å². The summed E-state index contributed by atoms with van der Waals surface area (Å²) in [6, 6.07) is 13.4. The van der Waals surface area contributed by atoms with E-state index < -0.39 is 10.0 Å². The van der Waals surface area contributed by atoms with Crippen molar-refractivity contribution >= 4 is 33.4 Å². The van der Waals surface area contributed by atoms with Gasteiger partial charge in [0.1, 0.15) is 0 Å². The minimum absolute atomic E-state index is 0.194. The monoisotopic (exact) mass is 460 g/mol. The lowest BCUT2D eigenvalue weighted by Crippen LogP contribution is -2.30. The third kappa shape index (κ3) is 5.52. The fourth-order valence-electron chi connectivity index (χ4n) is 2.94. The lowest BCUT2D eigenvalue weighted by molar-refractivity contribution is 0.102. The third-order valence-corrected chi connectivity index (χ3v) is 7.63. The molecule has 3 rings (SSSR count). The van der Waals surface area contributed by atoms with E-state index in [2.05, 4.69) is 15.5 Å². The van der Waals surface area contributed by atoms with Crippen LogP contribution in [0.15, 0.2) is 62.8 Å². The van der Waals surface area contributed by atoms with E-state index in [1.807, 2.05) is 12.1 Å². The maximum Gasteiger partial charge on any atom is 0.256 e. The molecule has 0 unspecified atom stereocenters. The summed E-state index contributed by atoms with van der Waals surface area (Å²) in [4.78, 5) is 18.0. The van der Waals surface area contributed by atoms with Crippen LogP contribution < -0.4 is 5.32 Å². The average molecular weight is 461 g/mol. The van der Waals surface area contributed by atoms with Gasteiger partial charge in [0.2, 0.25) is 15.9 Å². The third-order valence-electron chi connectivity index (χ3n) is 4.51. The van der Waals surface area contributed by atoms with Crippen LogP contribution in [0.3, 0.4) is 0 Å². The van der Waals surface area contributed by atoms with Gasteiger partial charge in [-0.05, 0) is 43.3 Å². The van der Waals surface area contributed by atoms with Crippen LogP contribution in [0.2, 0.25) is 0 Å². The molecule has 0 saturated heterocycles. The molecule has 8 nitrogen and oxygen atoms in total. The zero-order valence-electron chi connectivity index (χ0n) is 17.5. The van der Waals surface area contributed by atoms with Gasteiger partial charge in [0, 0.05) is 23.7 Å². The zero-order chi connectivity index (χ0) is 22.4. The van der Waals surface area contributed by atoms with Crippen molar-refractivity contribution in [2.24, 2.45) is 0 Å². The first kappa shape index (κ1) is 23.0. The molecule has 1 aromatic heterocycles. The maximum atomic E-state index is 12.8. The second-order valence-electron chi connectivity index (χ2n) is 6.59. The van der Waals surface area contributed by atoms with Crippen molar-refractivity contribution < 1.29 is 17.7 Å². The average Bonchev–Trinajstić information content (AvgIpc) is 3.18. The summed E-state index contributed by atoms with van der Waals surface area (Å²) >= 11 is 1.42. The predicted molar refractivity (Wildman–Crippen MR) is 120 cm³/mol. The molecule has 2 aromatic carbocycles. The fraction of sp³-hybridized carbons (Fsp3) is 0.286. The number of nitrogens with one attached hydrogen (secondary N) is 1. The lowest BCUT2D eigenvalue weighted by Gasteiger charge is -2.18. The van der Waals surface area contributed by atoms with Gasteiger partial charge in [0.25, 0.3) is 5.91 Å². The summed E-state index contributed by atoms with van der Waals surface area (Å²) < 4.78 is 31.7. The summed E-state index contributed by atoms with van der Waals surface area (Å²) in [6.07, 6.45) is 0. The smallest absolute Gasteiger partial charge is 0.256 e. The fourth-order valence-corrected chi connectivity index (χ4v) is 5.28. The van der Waals surface area contributed by atoms with Gasteiger partial charge < -0.3 is 9.84 Å². The number of hydrogen-bond donors (Lipinski definition) is 1. The first-order valence-corrected chi connectivity index (χ1v) is 12.2. The molecule has 1 N–H and O–H groups in total. The van der Waals surface area contributed by atoms with Crippen LogP contribution in [0.5, 0.6) is 0 Å². The van der Waals surface area contributed by atoms with Crippen molar-refractivity contribution in [3.8, 4) is 0 Å². The van der Waals surface area contributed by atoms with Gasteiger partial charge in [-0.15, -0.1) is 11.8 Å². The molecule has 0 atom stereocenters. The van der Waals surface area contributed by atoms with E-state index in [1.54, 1.807) is 45.0 Å². The molecule has 164 valence electrons. The molecule has 0 spiro atoms. The molecule has 1 heterocycles. The van der Waals surface area contributed by atoms with E-state index in [4.69, 9.17) is 4.52 Å². The van der Waals surface area contributed by atoms with Crippen LogP contribution >= 0.6 is 11.8 Å². The molecule has 0 aliphatic carbocycles. The number of rotatable bonds is 9. The van der Waals surface area contributed by atoms with E-state index in [1.165, 1.54) is 28.2 Å². The number of sulfonamides is 1. The zero-order valence-corrected chi connectivity index (χ0v) is 19.2. The normalized spacial score (nSPS) is 11.6. The van der Waals surface area contributed by atoms with Crippen LogP contribution in [0.4, 0.5) is 5.69 Å². The van der Waals surface area contributed by atoms with Crippen LogP contribution in [0, 0.1) is 6.92 Å². The number of hydrogen-bond acceptors (Lipinski definition) is 7. The van der Waals surface area contributed by atoms with Crippen molar-refractivity contribution in [2.45, 2.75) is 36.3 Å². The molecule has 0 aliphatic rings. The predicted octanol–water partition coefficient (Wildman–Crippen LogP) is 3.95. The van der Waals surface area contributed by atoms with Gasteiger partial charge in [-0.1, -0.05) is 31.1 Å². The largest absolute Gasteiger partial charge is 0.338 e. The number of carbonyl (C=O) groups is 1. The van der Waals surface area contributed by atoms with Gasteiger partial charge >= 0.3 is 0 Å². The SMILES string of the molecule is CCN(CC)S(=O)(=O)c1ccc(NC(=O)c2ccccc2SCc2nc(C)no2)cc1. The lowest BCUT2D eigenvalue weighted by atomic mass is 10.2. The highest BCUT2D eigenvalue weighted by Gasteiger charge is 2.21. The van der Waals surface area contributed by atoms with Gasteiger partial charge in [0.15, 0.2) is 5.82 Å². The van der Waals surface area contributed by atoms with E-state index in [-0.39, 0.29) is 10.8 Å². The van der Waals surface area contributed by atoms with Gasteiger partial charge in [-0.3, -0.25) is 4.79 Å². The first-order chi connectivity index (χ1) is 14.8. The minimum Gasteiger partial charge on any atom is -0.338 e. The highest BCUT2D eigenvalue weighted by atomic mass is 32.2. The van der Waals surface area contributed by atoms with E-state index in [0.29, 0.717) is 41.8 Å².